The second kappa shape index (κ2) is 5.40. The van der Waals surface area contributed by atoms with Crippen LogP contribution in [0, 0.1) is 6.92 Å². The molecular formula is C15H16N4O2. The minimum atomic E-state index is -0.108. The van der Waals surface area contributed by atoms with Gasteiger partial charge < -0.3 is 9.73 Å². The molecular weight excluding hydrogens is 268 g/mol. The Balaban J connectivity index is 1.71. The molecule has 1 N–H and O–H groups in total. The SMILES string of the molecule is Cc1cc2cc(C(=O)N[C@H](C)Cn3cncn3)ccc2o1. The number of rotatable bonds is 4. The summed E-state index contributed by atoms with van der Waals surface area (Å²) in [5.41, 5.74) is 1.41. The molecule has 21 heavy (non-hydrogen) atoms. The van der Waals surface area contributed by atoms with E-state index < -0.39 is 0 Å². The highest BCUT2D eigenvalue weighted by Gasteiger charge is 2.12. The fourth-order valence-electron chi connectivity index (χ4n) is 2.28. The molecule has 6 heteroatoms. The van der Waals surface area contributed by atoms with Crippen molar-refractivity contribution < 1.29 is 9.21 Å². The molecule has 0 saturated carbocycles. The van der Waals surface area contributed by atoms with Crippen LogP contribution in [0.3, 0.4) is 0 Å². The summed E-state index contributed by atoms with van der Waals surface area (Å²) in [6, 6.07) is 7.30. The Morgan fingerprint density at radius 2 is 2.29 bits per heavy atom. The van der Waals surface area contributed by atoms with E-state index in [-0.39, 0.29) is 11.9 Å². The van der Waals surface area contributed by atoms with E-state index in [4.69, 9.17) is 4.42 Å². The standard InChI is InChI=1S/C15H16N4O2/c1-10(7-19-9-16-8-17-19)18-15(20)12-3-4-14-13(6-12)5-11(2)21-14/h3-6,8-10H,7H2,1-2H3,(H,18,20)/t10-/m1/s1. The van der Waals surface area contributed by atoms with Crippen LogP contribution in [0.4, 0.5) is 0 Å². The molecule has 3 rings (SSSR count). The average Bonchev–Trinajstić information content (AvgIpc) is 3.05. The lowest BCUT2D eigenvalue weighted by atomic mass is 10.1. The number of nitrogens with zero attached hydrogens (tertiary/aromatic N) is 3. The molecule has 0 aliphatic carbocycles. The summed E-state index contributed by atoms with van der Waals surface area (Å²) in [6.45, 7) is 4.40. The normalized spacial score (nSPS) is 12.5. The molecule has 0 aliphatic rings. The van der Waals surface area contributed by atoms with Gasteiger partial charge in [0, 0.05) is 17.0 Å². The lowest BCUT2D eigenvalue weighted by molar-refractivity contribution is 0.0936. The van der Waals surface area contributed by atoms with Crippen molar-refractivity contribution in [3.63, 3.8) is 0 Å². The number of amides is 1. The molecule has 0 bridgehead atoms. The maximum absolute atomic E-state index is 12.2. The second-order valence-corrected chi connectivity index (χ2v) is 5.10. The van der Waals surface area contributed by atoms with Crippen molar-refractivity contribution in [1.82, 2.24) is 20.1 Å². The van der Waals surface area contributed by atoms with Gasteiger partial charge in [-0.1, -0.05) is 0 Å². The van der Waals surface area contributed by atoms with Crippen molar-refractivity contribution in [3.8, 4) is 0 Å². The number of hydrogen-bond acceptors (Lipinski definition) is 4. The van der Waals surface area contributed by atoms with E-state index in [1.807, 2.05) is 32.0 Å². The van der Waals surface area contributed by atoms with Gasteiger partial charge in [-0.05, 0) is 38.1 Å². The Morgan fingerprint density at radius 1 is 1.43 bits per heavy atom. The lowest BCUT2D eigenvalue weighted by Gasteiger charge is -2.13. The van der Waals surface area contributed by atoms with Gasteiger partial charge in [0.1, 0.15) is 24.0 Å². The van der Waals surface area contributed by atoms with Crippen LogP contribution in [0.1, 0.15) is 23.0 Å². The van der Waals surface area contributed by atoms with E-state index >= 15 is 0 Å². The molecule has 2 heterocycles. The van der Waals surface area contributed by atoms with Crippen molar-refractivity contribution in [3.05, 3.63) is 48.2 Å². The Morgan fingerprint density at radius 3 is 3.05 bits per heavy atom. The zero-order chi connectivity index (χ0) is 14.8. The number of fused-ring (bicyclic) bond motifs is 1. The summed E-state index contributed by atoms with van der Waals surface area (Å²) >= 11 is 0. The van der Waals surface area contributed by atoms with E-state index in [0.717, 1.165) is 16.7 Å². The maximum Gasteiger partial charge on any atom is 0.251 e. The van der Waals surface area contributed by atoms with Crippen LogP contribution in [0.5, 0.6) is 0 Å². The van der Waals surface area contributed by atoms with Crippen LogP contribution in [-0.2, 0) is 6.54 Å². The smallest absolute Gasteiger partial charge is 0.251 e. The third-order valence-electron chi connectivity index (χ3n) is 3.21. The third kappa shape index (κ3) is 2.94. The molecule has 0 saturated heterocycles. The molecule has 6 nitrogen and oxygen atoms in total. The third-order valence-corrected chi connectivity index (χ3v) is 3.21. The minimum absolute atomic E-state index is 0.0408. The first kappa shape index (κ1) is 13.4. The summed E-state index contributed by atoms with van der Waals surface area (Å²) in [4.78, 5) is 16.1. The molecule has 1 amide bonds. The van der Waals surface area contributed by atoms with E-state index in [0.29, 0.717) is 12.1 Å². The van der Waals surface area contributed by atoms with Crippen molar-refractivity contribution in [2.75, 3.05) is 0 Å². The van der Waals surface area contributed by atoms with Crippen molar-refractivity contribution in [2.45, 2.75) is 26.4 Å². The van der Waals surface area contributed by atoms with E-state index in [2.05, 4.69) is 15.4 Å². The minimum Gasteiger partial charge on any atom is -0.461 e. The first-order valence-electron chi connectivity index (χ1n) is 6.75. The van der Waals surface area contributed by atoms with Gasteiger partial charge in [0.15, 0.2) is 0 Å². The lowest BCUT2D eigenvalue weighted by Crippen LogP contribution is -2.35. The molecule has 0 spiro atoms. The van der Waals surface area contributed by atoms with Gasteiger partial charge in [-0.25, -0.2) is 4.98 Å². The Bertz CT molecular complexity index is 761. The number of hydrogen-bond donors (Lipinski definition) is 1. The van der Waals surface area contributed by atoms with E-state index in [1.165, 1.54) is 6.33 Å². The Hall–Kier alpha value is -2.63. The predicted octanol–water partition coefficient (Wildman–Crippen LogP) is 2.15. The van der Waals surface area contributed by atoms with Crippen molar-refractivity contribution >= 4 is 16.9 Å². The molecule has 3 aromatic rings. The fraction of sp³-hybridized carbons (Fsp3) is 0.267. The van der Waals surface area contributed by atoms with Crippen LogP contribution in [-0.4, -0.2) is 26.7 Å². The molecule has 1 aromatic carbocycles. The van der Waals surface area contributed by atoms with Gasteiger partial charge in [0.05, 0.1) is 6.54 Å². The summed E-state index contributed by atoms with van der Waals surface area (Å²) in [5, 5.41) is 7.90. The highest BCUT2D eigenvalue weighted by molar-refractivity contribution is 5.97. The summed E-state index contributed by atoms with van der Waals surface area (Å²) < 4.78 is 7.19. The van der Waals surface area contributed by atoms with Gasteiger partial charge >= 0.3 is 0 Å². The average molecular weight is 284 g/mol. The second-order valence-electron chi connectivity index (χ2n) is 5.10. The zero-order valence-corrected chi connectivity index (χ0v) is 11.9. The van der Waals surface area contributed by atoms with Gasteiger partial charge in [-0.3, -0.25) is 9.48 Å². The van der Waals surface area contributed by atoms with Crippen LogP contribution in [0.15, 0.2) is 41.3 Å². The number of carbonyl (C=O) groups is 1. The molecule has 2 aromatic heterocycles. The number of aromatic nitrogens is 3. The van der Waals surface area contributed by atoms with Gasteiger partial charge in [0.2, 0.25) is 0 Å². The zero-order valence-electron chi connectivity index (χ0n) is 11.9. The van der Waals surface area contributed by atoms with Crippen LogP contribution < -0.4 is 5.32 Å². The summed E-state index contributed by atoms with van der Waals surface area (Å²) in [5.74, 6) is 0.727. The van der Waals surface area contributed by atoms with Gasteiger partial charge in [-0.2, -0.15) is 5.10 Å². The Labute approximate surface area is 121 Å². The topological polar surface area (TPSA) is 73.0 Å². The van der Waals surface area contributed by atoms with Crippen LogP contribution in [0.2, 0.25) is 0 Å². The monoisotopic (exact) mass is 284 g/mol. The van der Waals surface area contributed by atoms with E-state index in [9.17, 15) is 4.79 Å². The quantitative estimate of drug-likeness (QED) is 0.796. The number of carbonyl (C=O) groups excluding carboxylic acids is 1. The number of furan rings is 1. The predicted molar refractivity (Wildman–Crippen MR) is 77.9 cm³/mol. The van der Waals surface area contributed by atoms with Crippen LogP contribution >= 0.6 is 0 Å². The number of aryl methyl sites for hydroxylation is 1. The van der Waals surface area contributed by atoms with Crippen molar-refractivity contribution in [2.24, 2.45) is 0 Å². The molecule has 0 unspecified atom stereocenters. The molecule has 0 fully saturated rings. The molecule has 0 radical (unpaired) electrons. The highest BCUT2D eigenvalue weighted by Crippen LogP contribution is 2.20. The summed E-state index contributed by atoms with van der Waals surface area (Å²) in [6.07, 6.45) is 3.10. The maximum atomic E-state index is 12.2. The van der Waals surface area contributed by atoms with Gasteiger partial charge in [0.25, 0.3) is 5.91 Å². The largest absolute Gasteiger partial charge is 0.461 e. The first-order valence-corrected chi connectivity index (χ1v) is 6.75. The first-order chi connectivity index (χ1) is 10.1. The Kier molecular flexibility index (Phi) is 3.43. The molecule has 1 atom stereocenters. The molecule has 0 aliphatic heterocycles. The number of nitrogens with one attached hydrogen (secondary N) is 1. The highest BCUT2D eigenvalue weighted by atomic mass is 16.3. The summed E-state index contributed by atoms with van der Waals surface area (Å²) in [7, 11) is 0. The molecule has 108 valence electrons. The van der Waals surface area contributed by atoms with E-state index in [1.54, 1.807) is 17.1 Å². The van der Waals surface area contributed by atoms with Crippen molar-refractivity contribution in [1.29, 1.82) is 0 Å². The number of benzene rings is 1. The van der Waals surface area contributed by atoms with Crippen LogP contribution in [0.25, 0.3) is 11.0 Å². The fourth-order valence-corrected chi connectivity index (χ4v) is 2.28. The van der Waals surface area contributed by atoms with Gasteiger partial charge in [-0.15, -0.1) is 0 Å².